The molecule has 0 nitrogen and oxygen atoms in total. The van der Waals surface area contributed by atoms with Gasteiger partial charge in [-0.1, -0.05) is 77.0 Å². The first kappa shape index (κ1) is 16.3. The molecule has 0 aromatic heterocycles. The second kappa shape index (κ2) is 15.3. The van der Waals surface area contributed by atoms with E-state index in [0.717, 1.165) is 6.42 Å². The van der Waals surface area contributed by atoms with Crippen molar-refractivity contribution in [3.8, 4) is 0 Å². The van der Waals surface area contributed by atoms with Crippen molar-refractivity contribution in [2.24, 2.45) is 0 Å². The predicted molar refractivity (Wildman–Crippen MR) is 79.3 cm³/mol. The molecule has 98 valence electrons. The lowest BCUT2D eigenvalue weighted by Crippen LogP contribution is -1.80. The quantitative estimate of drug-likeness (QED) is 0.214. The molecule has 0 N–H and O–H groups in total. The Hall–Kier alpha value is -0.740. The molecule has 0 saturated carbocycles. The minimum Gasteiger partial charge on any atom is -0.133 e. The molecule has 0 heteroatoms. The highest BCUT2D eigenvalue weighted by atomic mass is 14.0. The summed E-state index contributed by atoms with van der Waals surface area (Å²) in [6.45, 7) is 5.82. The van der Waals surface area contributed by atoms with Crippen LogP contribution in [0.5, 0.6) is 0 Å². The highest BCUT2D eigenvalue weighted by Gasteiger charge is 1.90. The largest absolute Gasteiger partial charge is 0.133 e. The third-order valence-electron chi connectivity index (χ3n) is 3.04. The fourth-order valence-electron chi connectivity index (χ4n) is 1.94. The Bertz CT molecular complexity index is 206. The summed E-state index contributed by atoms with van der Waals surface area (Å²) in [5.74, 6) is 0. The molecule has 17 heavy (non-hydrogen) atoms. The molecule has 0 rings (SSSR count). The van der Waals surface area contributed by atoms with Gasteiger partial charge in [-0.15, -0.1) is 5.73 Å². The average Bonchev–Trinajstić information content (AvgIpc) is 2.35. The van der Waals surface area contributed by atoms with E-state index in [1.807, 2.05) is 6.08 Å². The molecule has 0 amide bonds. The van der Waals surface area contributed by atoms with Crippen molar-refractivity contribution in [2.45, 2.75) is 77.6 Å². The SMILES string of the molecule is C=C=CCC=CCCCCCCCCCCC. The van der Waals surface area contributed by atoms with Crippen LogP contribution in [0.25, 0.3) is 0 Å². The first-order valence-electron chi connectivity index (χ1n) is 7.41. The molecule has 0 heterocycles. The minimum atomic E-state index is 0.987. The van der Waals surface area contributed by atoms with Gasteiger partial charge in [0, 0.05) is 0 Å². The Morgan fingerprint density at radius 1 is 0.824 bits per heavy atom. The fourth-order valence-corrected chi connectivity index (χ4v) is 1.94. The van der Waals surface area contributed by atoms with E-state index in [0.29, 0.717) is 0 Å². The molecule has 0 saturated heterocycles. The first-order chi connectivity index (χ1) is 8.41. The smallest absolute Gasteiger partial charge is 0.00932 e. The first-order valence-corrected chi connectivity index (χ1v) is 7.41. The maximum atomic E-state index is 3.54. The zero-order valence-electron chi connectivity index (χ0n) is 11.7. The summed E-state index contributed by atoms with van der Waals surface area (Å²) in [7, 11) is 0. The summed E-state index contributed by atoms with van der Waals surface area (Å²) >= 11 is 0. The van der Waals surface area contributed by atoms with Crippen LogP contribution in [0.1, 0.15) is 77.6 Å². The Balaban J connectivity index is 3.03. The van der Waals surface area contributed by atoms with E-state index >= 15 is 0 Å². The van der Waals surface area contributed by atoms with Crippen molar-refractivity contribution in [3.05, 3.63) is 30.5 Å². The Labute approximate surface area is 109 Å². The zero-order valence-corrected chi connectivity index (χ0v) is 11.7. The molecule has 0 aromatic carbocycles. The molecule has 0 radical (unpaired) electrons. The van der Waals surface area contributed by atoms with Crippen LogP contribution in [-0.2, 0) is 0 Å². The van der Waals surface area contributed by atoms with Gasteiger partial charge in [0.15, 0.2) is 0 Å². The van der Waals surface area contributed by atoms with Gasteiger partial charge in [-0.05, 0) is 25.3 Å². The summed E-state index contributed by atoms with van der Waals surface area (Å²) in [5, 5.41) is 0. The molecule has 0 aliphatic rings. The molecule has 0 atom stereocenters. The van der Waals surface area contributed by atoms with Gasteiger partial charge in [-0.3, -0.25) is 0 Å². The minimum absolute atomic E-state index is 0.987. The van der Waals surface area contributed by atoms with Crippen LogP contribution in [0, 0.1) is 0 Å². The van der Waals surface area contributed by atoms with Crippen LogP contribution >= 0.6 is 0 Å². The van der Waals surface area contributed by atoms with Gasteiger partial charge in [0.1, 0.15) is 0 Å². The lowest BCUT2D eigenvalue weighted by molar-refractivity contribution is 0.566. The second-order valence-electron chi connectivity index (χ2n) is 4.73. The van der Waals surface area contributed by atoms with Gasteiger partial charge in [0.05, 0.1) is 0 Å². The number of unbranched alkanes of at least 4 members (excludes halogenated alkanes) is 9. The van der Waals surface area contributed by atoms with Crippen molar-refractivity contribution in [2.75, 3.05) is 0 Å². The van der Waals surface area contributed by atoms with Crippen LogP contribution in [-0.4, -0.2) is 0 Å². The van der Waals surface area contributed by atoms with Gasteiger partial charge in [-0.2, -0.15) is 0 Å². The standard InChI is InChI=1S/C17H30/c1-3-5-7-9-11-13-15-17-16-14-12-10-8-6-4-2/h5,9,11H,1,4,6-8,10,12-17H2,2H3. The topological polar surface area (TPSA) is 0 Å². The van der Waals surface area contributed by atoms with Crippen LogP contribution < -0.4 is 0 Å². The van der Waals surface area contributed by atoms with Crippen LogP contribution in [0.3, 0.4) is 0 Å². The maximum absolute atomic E-state index is 3.54. The Kier molecular flexibility index (Phi) is 14.6. The monoisotopic (exact) mass is 234 g/mol. The van der Waals surface area contributed by atoms with Crippen molar-refractivity contribution in [3.63, 3.8) is 0 Å². The third kappa shape index (κ3) is 15.3. The van der Waals surface area contributed by atoms with Gasteiger partial charge in [-0.25, -0.2) is 0 Å². The summed E-state index contributed by atoms with van der Waals surface area (Å²) in [5.41, 5.74) is 2.78. The number of hydrogen-bond acceptors (Lipinski definition) is 0. The Morgan fingerprint density at radius 3 is 2.00 bits per heavy atom. The average molecular weight is 234 g/mol. The van der Waals surface area contributed by atoms with Gasteiger partial charge < -0.3 is 0 Å². The van der Waals surface area contributed by atoms with Crippen molar-refractivity contribution < 1.29 is 0 Å². The van der Waals surface area contributed by atoms with Gasteiger partial charge >= 0.3 is 0 Å². The molecule has 0 aliphatic carbocycles. The van der Waals surface area contributed by atoms with Gasteiger partial charge in [0.25, 0.3) is 0 Å². The van der Waals surface area contributed by atoms with Crippen molar-refractivity contribution >= 4 is 0 Å². The lowest BCUT2D eigenvalue weighted by Gasteiger charge is -2.00. The number of rotatable bonds is 12. The van der Waals surface area contributed by atoms with E-state index in [1.165, 1.54) is 64.2 Å². The van der Waals surface area contributed by atoms with Crippen molar-refractivity contribution in [1.82, 2.24) is 0 Å². The van der Waals surface area contributed by atoms with Crippen LogP contribution in [0.2, 0.25) is 0 Å². The second-order valence-corrected chi connectivity index (χ2v) is 4.73. The molecule has 0 aromatic rings. The molecule has 0 spiro atoms. The molecular formula is C17H30. The van der Waals surface area contributed by atoms with Crippen LogP contribution in [0.15, 0.2) is 30.5 Å². The normalized spacial score (nSPS) is 10.6. The molecule has 0 unspecified atom stereocenters. The maximum Gasteiger partial charge on any atom is -0.00932 e. The summed E-state index contributed by atoms with van der Waals surface area (Å²) in [6.07, 6.45) is 21.4. The van der Waals surface area contributed by atoms with Crippen LogP contribution in [0.4, 0.5) is 0 Å². The van der Waals surface area contributed by atoms with Gasteiger partial charge in [0.2, 0.25) is 0 Å². The Morgan fingerprint density at radius 2 is 1.41 bits per heavy atom. The summed E-state index contributed by atoms with van der Waals surface area (Å²) in [4.78, 5) is 0. The lowest BCUT2D eigenvalue weighted by atomic mass is 10.1. The molecular weight excluding hydrogens is 204 g/mol. The van der Waals surface area contributed by atoms with E-state index in [1.54, 1.807) is 0 Å². The highest BCUT2D eigenvalue weighted by Crippen LogP contribution is 2.10. The van der Waals surface area contributed by atoms with E-state index < -0.39 is 0 Å². The number of hydrogen-bond donors (Lipinski definition) is 0. The van der Waals surface area contributed by atoms with E-state index in [9.17, 15) is 0 Å². The summed E-state index contributed by atoms with van der Waals surface area (Å²) < 4.78 is 0. The fraction of sp³-hybridized carbons (Fsp3) is 0.706. The third-order valence-corrected chi connectivity index (χ3v) is 3.04. The zero-order chi connectivity index (χ0) is 12.6. The highest BCUT2D eigenvalue weighted by molar-refractivity contribution is 4.90. The van der Waals surface area contributed by atoms with E-state index in [2.05, 4.69) is 31.4 Å². The predicted octanol–water partition coefficient (Wildman–Crippen LogP) is 6.19. The molecule has 0 fully saturated rings. The summed E-state index contributed by atoms with van der Waals surface area (Å²) in [6, 6.07) is 0. The van der Waals surface area contributed by atoms with E-state index in [4.69, 9.17) is 0 Å². The van der Waals surface area contributed by atoms with Crippen molar-refractivity contribution in [1.29, 1.82) is 0 Å². The molecule has 0 bridgehead atoms. The number of allylic oxidation sites excluding steroid dienone is 3. The molecule has 0 aliphatic heterocycles. The van der Waals surface area contributed by atoms with E-state index in [-0.39, 0.29) is 0 Å².